The Kier molecular flexibility index (Phi) is 8.11. The lowest BCUT2D eigenvalue weighted by Crippen LogP contribution is -2.42. The Morgan fingerprint density at radius 1 is 1.19 bits per heavy atom. The van der Waals surface area contributed by atoms with Crippen molar-refractivity contribution in [2.24, 2.45) is 5.92 Å². The lowest BCUT2D eigenvalue weighted by molar-refractivity contribution is -0.191. The van der Waals surface area contributed by atoms with Gasteiger partial charge in [-0.1, -0.05) is 26.0 Å². The fraction of sp³-hybridized carbons (Fsp3) is 0.261. The number of nitrogen functional groups attached to an aromatic ring is 1. The number of nitrogens with zero attached hydrogens (tertiary/aromatic N) is 1. The summed E-state index contributed by atoms with van der Waals surface area (Å²) in [5.41, 5.74) is 8.82. The number of carbonyl (C=O) groups is 1. The zero-order chi connectivity index (χ0) is 23.0. The van der Waals surface area contributed by atoms with E-state index in [-0.39, 0.29) is 36.4 Å². The first-order valence-corrected chi connectivity index (χ1v) is 9.64. The molecule has 0 aliphatic heterocycles. The number of nitrogens with two attached hydrogens (primary N) is 1. The molecule has 0 bridgehead atoms. The minimum absolute atomic E-state index is 0.0546. The summed E-state index contributed by atoms with van der Waals surface area (Å²) in [5, 5.41) is 13.3. The van der Waals surface area contributed by atoms with Crippen LogP contribution in [0.5, 0.6) is 11.5 Å². The molecule has 31 heavy (non-hydrogen) atoms. The highest BCUT2D eigenvalue weighted by atomic mass is 16.5. The lowest BCUT2D eigenvalue weighted by atomic mass is 10.0. The molecular weight excluding hydrogens is 398 g/mol. The van der Waals surface area contributed by atoms with Gasteiger partial charge in [-0.05, 0) is 49.2 Å². The van der Waals surface area contributed by atoms with Crippen LogP contribution in [0.15, 0.2) is 48.5 Å². The van der Waals surface area contributed by atoms with Gasteiger partial charge >= 0.3 is 6.15 Å². The van der Waals surface area contributed by atoms with Crippen molar-refractivity contribution in [1.29, 1.82) is 0 Å². The Hall–Kier alpha value is -3.90. The van der Waals surface area contributed by atoms with Crippen molar-refractivity contribution in [2.45, 2.75) is 26.8 Å². The van der Waals surface area contributed by atoms with Crippen LogP contribution in [0.4, 0.5) is 5.69 Å². The number of phenolic OH excluding ortho intramolecular Hbond substituents is 1. The van der Waals surface area contributed by atoms with Gasteiger partial charge in [0.25, 0.3) is 5.91 Å². The number of aryl methyl sites for hydroxylation is 1. The Bertz CT molecular complexity index is 1090. The molecule has 0 aliphatic rings. The molecule has 0 saturated heterocycles. The zero-order valence-electron chi connectivity index (χ0n) is 17.6. The summed E-state index contributed by atoms with van der Waals surface area (Å²) in [4.78, 5) is 33.3. The molecule has 3 aromatic rings. The van der Waals surface area contributed by atoms with Crippen LogP contribution < -0.4 is 15.8 Å². The van der Waals surface area contributed by atoms with Gasteiger partial charge in [-0.2, -0.15) is 9.59 Å². The average Bonchev–Trinajstić information content (AvgIpc) is 2.70. The second-order valence-electron chi connectivity index (χ2n) is 7.27. The first-order chi connectivity index (χ1) is 14.8. The number of pyridine rings is 1. The van der Waals surface area contributed by atoms with Gasteiger partial charge in [0.05, 0.1) is 16.9 Å². The van der Waals surface area contributed by atoms with Crippen LogP contribution in [0, 0.1) is 12.8 Å². The molecule has 1 atom stereocenters. The van der Waals surface area contributed by atoms with Crippen LogP contribution in [0.2, 0.25) is 0 Å². The van der Waals surface area contributed by atoms with Crippen LogP contribution in [0.25, 0.3) is 10.9 Å². The third-order valence-corrected chi connectivity index (χ3v) is 4.60. The largest absolute Gasteiger partial charge is 0.508 e. The predicted octanol–water partition coefficient (Wildman–Crippen LogP) is 3.08. The molecular formula is C23H25N3O5. The summed E-state index contributed by atoms with van der Waals surface area (Å²) in [6.45, 7) is 6.21. The highest BCUT2D eigenvalue weighted by Crippen LogP contribution is 2.30. The third kappa shape index (κ3) is 6.29. The van der Waals surface area contributed by atoms with Crippen molar-refractivity contribution >= 4 is 28.6 Å². The molecule has 0 saturated carbocycles. The minimum atomic E-state index is -0.257. The predicted molar refractivity (Wildman–Crippen MR) is 116 cm³/mol. The normalized spacial score (nSPS) is 11.2. The van der Waals surface area contributed by atoms with Crippen molar-refractivity contribution in [3.63, 3.8) is 0 Å². The Balaban J connectivity index is 0.00000107. The number of anilines is 1. The van der Waals surface area contributed by atoms with E-state index in [1.807, 2.05) is 45.0 Å². The number of aromatic hydroxyl groups is 1. The van der Waals surface area contributed by atoms with Crippen molar-refractivity contribution in [1.82, 2.24) is 10.3 Å². The molecule has 0 unspecified atom stereocenters. The molecule has 0 fully saturated rings. The topological polar surface area (TPSA) is 132 Å². The van der Waals surface area contributed by atoms with E-state index < -0.39 is 0 Å². The number of hydrogen-bond acceptors (Lipinski definition) is 7. The van der Waals surface area contributed by atoms with Crippen LogP contribution in [0.1, 0.15) is 29.9 Å². The van der Waals surface area contributed by atoms with Gasteiger partial charge < -0.3 is 20.9 Å². The summed E-state index contributed by atoms with van der Waals surface area (Å²) in [7, 11) is 0. The number of rotatable bonds is 6. The number of phenols is 1. The summed E-state index contributed by atoms with van der Waals surface area (Å²) in [5.74, 6) is 0.584. The van der Waals surface area contributed by atoms with E-state index in [1.54, 1.807) is 12.1 Å². The monoisotopic (exact) mass is 423 g/mol. The van der Waals surface area contributed by atoms with E-state index in [4.69, 9.17) is 20.1 Å². The van der Waals surface area contributed by atoms with Gasteiger partial charge in [0, 0.05) is 16.9 Å². The van der Waals surface area contributed by atoms with Gasteiger partial charge in [-0.25, -0.2) is 0 Å². The Morgan fingerprint density at radius 3 is 2.52 bits per heavy atom. The van der Waals surface area contributed by atoms with E-state index in [0.717, 1.165) is 16.6 Å². The number of amides is 1. The second-order valence-corrected chi connectivity index (χ2v) is 7.27. The van der Waals surface area contributed by atoms with Crippen LogP contribution in [-0.2, 0) is 9.59 Å². The van der Waals surface area contributed by atoms with E-state index in [9.17, 15) is 9.90 Å². The molecule has 0 spiro atoms. The fourth-order valence-electron chi connectivity index (χ4n) is 3.02. The summed E-state index contributed by atoms with van der Waals surface area (Å²) in [6.07, 6.45) is 0.250. The van der Waals surface area contributed by atoms with Crippen molar-refractivity contribution in [3.8, 4) is 11.5 Å². The maximum atomic E-state index is 12.5. The maximum absolute atomic E-state index is 12.5. The van der Waals surface area contributed by atoms with E-state index >= 15 is 0 Å². The molecule has 4 N–H and O–H groups in total. The van der Waals surface area contributed by atoms with Gasteiger partial charge in [0.15, 0.2) is 0 Å². The van der Waals surface area contributed by atoms with Crippen molar-refractivity contribution < 1.29 is 24.2 Å². The van der Waals surface area contributed by atoms with Gasteiger partial charge in [-0.15, -0.1) is 0 Å². The van der Waals surface area contributed by atoms with E-state index in [1.165, 1.54) is 12.1 Å². The number of benzene rings is 2. The fourth-order valence-corrected chi connectivity index (χ4v) is 3.02. The minimum Gasteiger partial charge on any atom is -0.508 e. The quantitative estimate of drug-likeness (QED) is 0.555. The number of fused-ring (bicyclic) bond motifs is 1. The second kappa shape index (κ2) is 10.8. The first-order valence-electron chi connectivity index (χ1n) is 9.64. The van der Waals surface area contributed by atoms with E-state index in [2.05, 4.69) is 10.3 Å². The average molecular weight is 423 g/mol. The molecule has 2 aromatic carbocycles. The zero-order valence-corrected chi connectivity index (χ0v) is 17.6. The molecule has 1 aromatic heterocycles. The maximum Gasteiger partial charge on any atom is 0.373 e. The number of hydrogen-bond donors (Lipinski definition) is 3. The molecule has 0 radical (unpaired) electrons. The molecule has 3 rings (SSSR count). The van der Waals surface area contributed by atoms with Crippen LogP contribution in [0.3, 0.4) is 0 Å². The van der Waals surface area contributed by atoms with Gasteiger partial charge in [0.2, 0.25) is 0 Å². The molecule has 1 amide bonds. The van der Waals surface area contributed by atoms with Crippen LogP contribution in [-0.4, -0.2) is 34.8 Å². The highest BCUT2D eigenvalue weighted by Gasteiger charge is 2.19. The number of carbonyl (C=O) groups excluding carboxylic acids is 3. The molecule has 1 heterocycles. The lowest BCUT2D eigenvalue weighted by Gasteiger charge is -2.23. The SMILES string of the molecule is Cc1cc(N)c2c(OC[C@@H](NC(=O)c3cccc(O)c3)C(C)C)cccc2n1.O=C=O. The molecule has 8 nitrogen and oxygen atoms in total. The molecule has 0 aliphatic carbocycles. The number of aromatic nitrogens is 1. The first kappa shape index (κ1) is 23.4. The Morgan fingerprint density at radius 2 is 1.87 bits per heavy atom. The summed E-state index contributed by atoms with van der Waals surface area (Å²) >= 11 is 0. The van der Waals surface area contributed by atoms with Crippen LogP contribution >= 0.6 is 0 Å². The Labute approximate surface area is 180 Å². The van der Waals surface area contributed by atoms with Gasteiger partial charge in [0.1, 0.15) is 18.1 Å². The molecule has 8 heteroatoms. The van der Waals surface area contributed by atoms with Crippen molar-refractivity contribution in [3.05, 3.63) is 59.8 Å². The summed E-state index contributed by atoms with van der Waals surface area (Å²) in [6, 6.07) is 13.5. The van der Waals surface area contributed by atoms with E-state index in [0.29, 0.717) is 17.0 Å². The molecule has 162 valence electrons. The number of nitrogens with one attached hydrogen (secondary N) is 1. The van der Waals surface area contributed by atoms with Crippen molar-refractivity contribution in [2.75, 3.05) is 12.3 Å². The standard InChI is InChI=1S/C22H25N3O3.CO2/c1-13(2)19(25-22(27)15-6-4-7-16(26)11-15)12-28-20-9-5-8-18-21(20)17(23)10-14(3)24-18;2-1-3/h4-11,13,19,26H,12H2,1-3H3,(H2,23,24)(H,25,27);/t19-;/m1./s1. The smallest absolute Gasteiger partial charge is 0.373 e. The highest BCUT2D eigenvalue weighted by molar-refractivity contribution is 5.96. The number of ether oxygens (including phenoxy) is 1. The van der Waals surface area contributed by atoms with Gasteiger partial charge in [-0.3, -0.25) is 9.78 Å². The third-order valence-electron chi connectivity index (χ3n) is 4.60. The summed E-state index contributed by atoms with van der Waals surface area (Å²) < 4.78 is 6.04.